The number of nitrogens with two attached hydrogens (primary N) is 1. The molecule has 0 unspecified atom stereocenters. The van der Waals surface area contributed by atoms with Gasteiger partial charge in [0.15, 0.2) is 5.01 Å². The molecule has 2 aromatic rings. The first-order valence-corrected chi connectivity index (χ1v) is 7.16. The van der Waals surface area contributed by atoms with Gasteiger partial charge >= 0.3 is 0 Å². The van der Waals surface area contributed by atoms with Crippen molar-refractivity contribution in [1.82, 2.24) is 10.4 Å². The minimum Gasteiger partial charge on any atom is -0.487 e. The molecule has 0 fully saturated rings. The first kappa shape index (κ1) is 14.5. The van der Waals surface area contributed by atoms with E-state index in [1.165, 1.54) is 16.9 Å². The quantitative estimate of drug-likeness (QED) is 0.504. The van der Waals surface area contributed by atoms with Crippen LogP contribution in [0.3, 0.4) is 0 Å². The highest BCUT2D eigenvalue weighted by atomic mass is 32.1. The van der Waals surface area contributed by atoms with Crippen LogP contribution in [0.2, 0.25) is 0 Å². The van der Waals surface area contributed by atoms with Crippen LogP contribution in [0.5, 0.6) is 5.75 Å². The zero-order valence-corrected chi connectivity index (χ0v) is 12.2. The molecule has 20 heavy (non-hydrogen) atoms. The van der Waals surface area contributed by atoms with Gasteiger partial charge in [0.05, 0.1) is 5.69 Å². The molecule has 1 heterocycles. The van der Waals surface area contributed by atoms with Crippen LogP contribution in [0.4, 0.5) is 0 Å². The molecule has 0 atom stereocenters. The first-order valence-electron chi connectivity index (χ1n) is 6.28. The standard InChI is InChI=1S/C14H17N3O2S/c1-9(2)10-4-3-5-12(6-10)19-7-11-8-20-14(16-11)13(18)17-15/h3-6,8-9H,7,15H2,1-2H3,(H,17,18). The van der Waals surface area contributed by atoms with E-state index in [0.717, 1.165) is 5.75 Å². The smallest absolute Gasteiger partial charge is 0.294 e. The molecule has 2 rings (SSSR count). The summed E-state index contributed by atoms with van der Waals surface area (Å²) in [5, 5.41) is 2.12. The summed E-state index contributed by atoms with van der Waals surface area (Å²) in [5.41, 5.74) is 3.99. The molecule has 1 aromatic carbocycles. The average molecular weight is 291 g/mol. The van der Waals surface area contributed by atoms with Gasteiger partial charge in [0, 0.05) is 5.38 Å². The third-order valence-corrected chi connectivity index (χ3v) is 3.68. The molecule has 0 aliphatic rings. The fourth-order valence-corrected chi connectivity index (χ4v) is 2.36. The van der Waals surface area contributed by atoms with Crippen molar-refractivity contribution in [3.05, 3.63) is 45.9 Å². The number of benzene rings is 1. The number of ether oxygens (including phenoxy) is 1. The summed E-state index contributed by atoms with van der Waals surface area (Å²) in [5.74, 6) is 5.93. The van der Waals surface area contributed by atoms with Crippen molar-refractivity contribution in [2.24, 2.45) is 5.84 Å². The molecule has 1 amide bonds. The van der Waals surface area contributed by atoms with Gasteiger partial charge in [0.25, 0.3) is 5.91 Å². The lowest BCUT2D eigenvalue weighted by Crippen LogP contribution is -2.29. The van der Waals surface area contributed by atoms with Crippen molar-refractivity contribution < 1.29 is 9.53 Å². The number of carbonyl (C=O) groups excluding carboxylic acids is 1. The minimum atomic E-state index is -0.386. The summed E-state index contributed by atoms with van der Waals surface area (Å²) in [6.45, 7) is 4.60. The van der Waals surface area contributed by atoms with Crippen molar-refractivity contribution in [2.75, 3.05) is 0 Å². The number of nitrogens with zero attached hydrogens (tertiary/aromatic N) is 1. The molecule has 6 heteroatoms. The summed E-state index contributed by atoms with van der Waals surface area (Å²) in [6.07, 6.45) is 0. The Balaban J connectivity index is 2.00. The molecule has 0 bridgehead atoms. The number of aromatic nitrogens is 1. The topological polar surface area (TPSA) is 77.2 Å². The molecule has 0 saturated heterocycles. The lowest BCUT2D eigenvalue weighted by atomic mass is 10.0. The Morgan fingerprint density at radius 1 is 1.50 bits per heavy atom. The van der Waals surface area contributed by atoms with E-state index in [2.05, 4.69) is 30.3 Å². The van der Waals surface area contributed by atoms with E-state index in [-0.39, 0.29) is 5.91 Å². The molecule has 106 valence electrons. The zero-order chi connectivity index (χ0) is 14.5. The van der Waals surface area contributed by atoms with Crippen molar-refractivity contribution in [3.63, 3.8) is 0 Å². The van der Waals surface area contributed by atoms with Gasteiger partial charge in [-0.25, -0.2) is 10.8 Å². The van der Waals surface area contributed by atoms with Crippen LogP contribution in [0.15, 0.2) is 29.6 Å². The summed E-state index contributed by atoms with van der Waals surface area (Å²) < 4.78 is 5.69. The molecular weight excluding hydrogens is 274 g/mol. The van der Waals surface area contributed by atoms with Crippen molar-refractivity contribution in [1.29, 1.82) is 0 Å². The van der Waals surface area contributed by atoms with Gasteiger partial charge in [-0.15, -0.1) is 11.3 Å². The largest absolute Gasteiger partial charge is 0.487 e. The van der Waals surface area contributed by atoms with Crippen LogP contribution in [-0.2, 0) is 6.61 Å². The Labute approximate surface area is 121 Å². The van der Waals surface area contributed by atoms with Gasteiger partial charge in [-0.2, -0.15) is 0 Å². The number of rotatable bonds is 5. The number of nitrogen functional groups attached to an aromatic ring is 1. The van der Waals surface area contributed by atoms with Gasteiger partial charge < -0.3 is 4.74 Å². The third-order valence-electron chi connectivity index (χ3n) is 2.79. The van der Waals surface area contributed by atoms with E-state index < -0.39 is 0 Å². The van der Waals surface area contributed by atoms with Crippen molar-refractivity contribution >= 4 is 17.2 Å². The van der Waals surface area contributed by atoms with E-state index >= 15 is 0 Å². The summed E-state index contributed by atoms with van der Waals surface area (Å²) >= 11 is 1.24. The summed E-state index contributed by atoms with van der Waals surface area (Å²) in [6, 6.07) is 7.97. The molecule has 3 N–H and O–H groups in total. The third kappa shape index (κ3) is 3.55. The van der Waals surface area contributed by atoms with Crippen LogP contribution >= 0.6 is 11.3 Å². The number of nitrogens with one attached hydrogen (secondary N) is 1. The van der Waals surface area contributed by atoms with Gasteiger partial charge in [-0.1, -0.05) is 26.0 Å². The SMILES string of the molecule is CC(C)c1cccc(OCc2csc(C(=O)NN)n2)c1. The second-order valence-corrected chi connectivity index (χ2v) is 5.49. The van der Waals surface area contributed by atoms with Gasteiger partial charge in [-0.3, -0.25) is 10.2 Å². The molecule has 0 aliphatic heterocycles. The van der Waals surface area contributed by atoms with E-state index in [0.29, 0.717) is 23.2 Å². The normalized spacial score (nSPS) is 10.6. The molecule has 1 aromatic heterocycles. The van der Waals surface area contributed by atoms with Crippen LogP contribution in [0.25, 0.3) is 0 Å². The molecule has 0 aliphatic carbocycles. The second kappa shape index (κ2) is 6.49. The molecule has 0 saturated carbocycles. The predicted molar refractivity (Wildman–Crippen MR) is 78.6 cm³/mol. The maximum Gasteiger partial charge on any atom is 0.294 e. The van der Waals surface area contributed by atoms with Crippen LogP contribution in [-0.4, -0.2) is 10.9 Å². The van der Waals surface area contributed by atoms with Gasteiger partial charge in [0.1, 0.15) is 12.4 Å². The fraction of sp³-hybridized carbons (Fsp3) is 0.286. The Morgan fingerprint density at radius 2 is 2.30 bits per heavy atom. The highest BCUT2D eigenvalue weighted by Crippen LogP contribution is 2.21. The van der Waals surface area contributed by atoms with Crippen molar-refractivity contribution in [2.45, 2.75) is 26.4 Å². The van der Waals surface area contributed by atoms with Crippen LogP contribution in [0, 0.1) is 0 Å². The zero-order valence-electron chi connectivity index (χ0n) is 11.4. The van der Waals surface area contributed by atoms with Crippen LogP contribution in [0.1, 0.15) is 40.8 Å². The maximum atomic E-state index is 11.3. The molecule has 0 radical (unpaired) electrons. The maximum absolute atomic E-state index is 11.3. The number of hydrogen-bond donors (Lipinski definition) is 2. The van der Waals surface area contributed by atoms with E-state index in [1.807, 2.05) is 18.2 Å². The molecule has 0 spiro atoms. The highest BCUT2D eigenvalue weighted by molar-refractivity contribution is 7.11. The number of thiazole rings is 1. The summed E-state index contributed by atoms with van der Waals surface area (Å²) in [4.78, 5) is 15.4. The van der Waals surface area contributed by atoms with Crippen molar-refractivity contribution in [3.8, 4) is 5.75 Å². The Morgan fingerprint density at radius 3 is 3.00 bits per heavy atom. The lowest BCUT2D eigenvalue weighted by Gasteiger charge is -2.09. The van der Waals surface area contributed by atoms with Crippen LogP contribution < -0.4 is 16.0 Å². The van der Waals surface area contributed by atoms with E-state index in [9.17, 15) is 4.79 Å². The second-order valence-electron chi connectivity index (χ2n) is 4.63. The Kier molecular flexibility index (Phi) is 4.70. The number of amides is 1. The lowest BCUT2D eigenvalue weighted by molar-refractivity contribution is 0.0953. The average Bonchev–Trinajstić information content (AvgIpc) is 2.93. The van der Waals surface area contributed by atoms with E-state index in [4.69, 9.17) is 10.6 Å². The first-order chi connectivity index (χ1) is 9.60. The fourth-order valence-electron chi connectivity index (χ4n) is 1.66. The Bertz CT molecular complexity index is 596. The van der Waals surface area contributed by atoms with Gasteiger partial charge in [0.2, 0.25) is 0 Å². The Hall–Kier alpha value is -1.92. The number of hydrazine groups is 1. The highest BCUT2D eigenvalue weighted by Gasteiger charge is 2.10. The number of hydrogen-bond acceptors (Lipinski definition) is 5. The van der Waals surface area contributed by atoms with E-state index in [1.54, 1.807) is 5.38 Å². The minimum absolute atomic E-state index is 0.329. The predicted octanol–water partition coefficient (Wildman–Crippen LogP) is 2.45. The monoisotopic (exact) mass is 291 g/mol. The summed E-state index contributed by atoms with van der Waals surface area (Å²) in [7, 11) is 0. The van der Waals surface area contributed by atoms with Gasteiger partial charge in [-0.05, 0) is 23.6 Å². The number of carbonyl (C=O) groups is 1. The molecule has 5 nitrogen and oxygen atoms in total. The molecular formula is C14H17N3O2S.